The number of hydrogen-bond donors (Lipinski definition) is 0. The number of alkyl halides is 1. The molecule has 10 heavy (non-hydrogen) atoms. The summed E-state index contributed by atoms with van der Waals surface area (Å²) in [5.41, 5.74) is 1.92. The minimum Gasteiger partial charge on any atom is -0.240 e. The zero-order valence-electron chi connectivity index (χ0n) is 5.56. The number of aryl methyl sites for hydroxylation is 1. The summed E-state index contributed by atoms with van der Waals surface area (Å²) in [6, 6.07) is 3.72. The molecule has 54 valence electrons. The topological polar surface area (TPSA) is 12.9 Å². The highest BCUT2D eigenvalue weighted by molar-refractivity contribution is 6.29. The van der Waals surface area contributed by atoms with E-state index in [-0.39, 0.29) is 0 Å². The van der Waals surface area contributed by atoms with E-state index in [9.17, 15) is 0 Å². The number of halogens is 2. The average Bonchev–Trinajstić information content (AvgIpc) is 1.85. The summed E-state index contributed by atoms with van der Waals surface area (Å²) in [7, 11) is 0. The van der Waals surface area contributed by atoms with Crippen LogP contribution >= 0.6 is 23.2 Å². The highest BCUT2D eigenvalue weighted by Crippen LogP contribution is 2.10. The van der Waals surface area contributed by atoms with Gasteiger partial charge in [0.05, 0.1) is 11.6 Å². The molecule has 0 aliphatic heterocycles. The monoisotopic (exact) mass is 175 g/mol. The smallest absolute Gasteiger partial charge is 0.129 e. The molecule has 0 aromatic carbocycles. The quantitative estimate of drug-likeness (QED) is 0.473. The molecule has 0 bridgehead atoms. The van der Waals surface area contributed by atoms with Gasteiger partial charge in [-0.2, -0.15) is 0 Å². The van der Waals surface area contributed by atoms with Crippen molar-refractivity contribution in [2.75, 3.05) is 0 Å². The third kappa shape index (κ3) is 1.86. The molecule has 0 atom stereocenters. The fourth-order valence-corrected chi connectivity index (χ4v) is 1.18. The van der Waals surface area contributed by atoms with Gasteiger partial charge < -0.3 is 0 Å². The normalized spacial score (nSPS) is 9.90. The number of rotatable bonds is 1. The summed E-state index contributed by atoms with van der Waals surface area (Å²) in [5, 5.41) is 0.510. The Hall–Kier alpha value is -0.270. The second-order valence-corrected chi connectivity index (χ2v) is 2.75. The van der Waals surface area contributed by atoms with Gasteiger partial charge in [0.15, 0.2) is 0 Å². The standard InChI is InChI=1S/C7H7Cl2N/c1-5-2-6(4-8)10-7(9)3-5/h2-3H,4H2,1H3. The van der Waals surface area contributed by atoms with E-state index < -0.39 is 0 Å². The molecule has 0 radical (unpaired) electrons. The number of aromatic nitrogens is 1. The molecule has 1 aromatic rings. The van der Waals surface area contributed by atoms with E-state index in [1.54, 1.807) is 6.07 Å². The van der Waals surface area contributed by atoms with Crippen molar-refractivity contribution in [1.29, 1.82) is 0 Å². The molecule has 0 saturated carbocycles. The van der Waals surface area contributed by atoms with Crippen LogP contribution < -0.4 is 0 Å². The van der Waals surface area contributed by atoms with E-state index in [2.05, 4.69) is 4.98 Å². The van der Waals surface area contributed by atoms with Gasteiger partial charge in [0, 0.05) is 0 Å². The zero-order chi connectivity index (χ0) is 7.56. The van der Waals surface area contributed by atoms with Crippen LogP contribution in [0.1, 0.15) is 11.3 Å². The van der Waals surface area contributed by atoms with E-state index in [0.717, 1.165) is 11.3 Å². The van der Waals surface area contributed by atoms with Gasteiger partial charge in [0.1, 0.15) is 5.15 Å². The van der Waals surface area contributed by atoms with Crippen LogP contribution in [0.25, 0.3) is 0 Å². The van der Waals surface area contributed by atoms with Crippen LogP contribution in [0.2, 0.25) is 5.15 Å². The second kappa shape index (κ2) is 3.22. The van der Waals surface area contributed by atoms with Gasteiger partial charge in [-0.05, 0) is 24.6 Å². The van der Waals surface area contributed by atoms with Crippen molar-refractivity contribution in [3.05, 3.63) is 28.5 Å². The maximum Gasteiger partial charge on any atom is 0.129 e. The zero-order valence-corrected chi connectivity index (χ0v) is 7.08. The molecule has 0 aliphatic carbocycles. The van der Waals surface area contributed by atoms with Crippen LogP contribution in [0.15, 0.2) is 12.1 Å². The summed E-state index contributed by atoms with van der Waals surface area (Å²) < 4.78 is 0. The average molecular weight is 176 g/mol. The summed E-state index contributed by atoms with van der Waals surface area (Å²) in [4.78, 5) is 3.99. The molecule has 0 amide bonds. The summed E-state index contributed by atoms with van der Waals surface area (Å²) in [6.45, 7) is 1.96. The predicted molar refractivity (Wildman–Crippen MR) is 43.5 cm³/mol. The minimum atomic E-state index is 0.418. The van der Waals surface area contributed by atoms with Crippen LogP contribution in [0.4, 0.5) is 0 Å². The highest BCUT2D eigenvalue weighted by Gasteiger charge is 1.95. The lowest BCUT2D eigenvalue weighted by atomic mass is 10.2. The number of pyridine rings is 1. The number of hydrogen-bond acceptors (Lipinski definition) is 1. The largest absolute Gasteiger partial charge is 0.240 e. The Morgan fingerprint density at radius 2 is 2.20 bits per heavy atom. The van der Waals surface area contributed by atoms with Gasteiger partial charge in [0.25, 0.3) is 0 Å². The van der Waals surface area contributed by atoms with Crippen molar-refractivity contribution in [3.63, 3.8) is 0 Å². The lowest BCUT2D eigenvalue weighted by Crippen LogP contribution is -1.86. The van der Waals surface area contributed by atoms with E-state index >= 15 is 0 Å². The minimum absolute atomic E-state index is 0.418. The fourth-order valence-electron chi connectivity index (χ4n) is 0.763. The van der Waals surface area contributed by atoms with Crippen LogP contribution in [0.5, 0.6) is 0 Å². The molecule has 1 aromatic heterocycles. The van der Waals surface area contributed by atoms with Crippen molar-refractivity contribution < 1.29 is 0 Å². The van der Waals surface area contributed by atoms with Crippen molar-refractivity contribution in [2.24, 2.45) is 0 Å². The van der Waals surface area contributed by atoms with Gasteiger partial charge in [-0.15, -0.1) is 11.6 Å². The van der Waals surface area contributed by atoms with Crippen molar-refractivity contribution >= 4 is 23.2 Å². The van der Waals surface area contributed by atoms with E-state index in [0.29, 0.717) is 11.0 Å². The molecule has 0 spiro atoms. The predicted octanol–water partition coefficient (Wildman–Crippen LogP) is 2.78. The third-order valence-corrected chi connectivity index (χ3v) is 1.60. The van der Waals surface area contributed by atoms with E-state index in [1.165, 1.54) is 0 Å². The number of nitrogens with zero attached hydrogens (tertiary/aromatic N) is 1. The highest BCUT2D eigenvalue weighted by atomic mass is 35.5. The Morgan fingerprint density at radius 3 is 2.70 bits per heavy atom. The van der Waals surface area contributed by atoms with Crippen molar-refractivity contribution in [2.45, 2.75) is 12.8 Å². The molecule has 1 rings (SSSR count). The first kappa shape index (κ1) is 7.83. The summed E-state index contributed by atoms with van der Waals surface area (Å²) in [5.74, 6) is 0.418. The van der Waals surface area contributed by atoms with Crippen LogP contribution in [-0.4, -0.2) is 4.98 Å². The Kier molecular flexibility index (Phi) is 2.52. The summed E-state index contributed by atoms with van der Waals surface area (Å²) >= 11 is 11.2. The first-order valence-corrected chi connectivity index (χ1v) is 3.82. The Balaban J connectivity index is 3.06. The van der Waals surface area contributed by atoms with Crippen molar-refractivity contribution in [3.8, 4) is 0 Å². The van der Waals surface area contributed by atoms with Gasteiger partial charge in [-0.25, -0.2) is 4.98 Å². The maximum absolute atomic E-state index is 5.66. The lowest BCUT2D eigenvalue weighted by molar-refractivity contribution is 1.15. The Bertz CT molecular complexity index is 215. The Labute approximate surface area is 70.0 Å². The molecule has 0 N–H and O–H groups in total. The molecule has 0 aliphatic rings. The van der Waals surface area contributed by atoms with E-state index in [4.69, 9.17) is 23.2 Å². The van der Waals surface area contributed by atoms with Gasteiger partial charge >= 0.3 is 0 Å². The molecule has 0 saturated heterocycles. The van der Waals surface area contributed by atoms with Crippen LogP contribution in [0.3, 0.4) is 0 Å². The second-order valence-electron chi connectivity index (χ2n) is 2.09. The van der Waals surface area contributed by atoms with Gasteiger partial charge in [-0.1, -0.05) is 11.6 Å². The SMILES string of the molecule is Cc1cc(Cl)nc(CCl)c1. The van der Waals surface area contributed by atoms with Crippen LogP contribution in [-0.2, 0) is 5.88 Å². The molecular formula is C7H7Cl2N. The Morgan fingerprint density at radius 1 is 1.50 bits per heavy atom. The van der Waals surface area contributed by atoms with Crippen LogP contribution in [0, 0.1) is 6.92 Å². The third-order valence-electron chi connectivity index (χ3n) is 1.13. The molecule has 0 fully saturated rings. The molecule has 3 heteroatoms. The molecular weight excluding hydrogens is 169 g/mol. The summed E-state index contributed by atoms with van der Waals surface area (Å²) in [6.07, 6.45) is 0. The van der Waals surface area contributed by atoms with E-state index in [1.807, 2.05) is 13.0 Å². The van der Waals surface area contributed by atoms with Gasteiger partial charge in [0.2, 0.25) is 0 Å². The molecule has 1 nitrogen and oxygen atoms in total. The van der Waals surface area contributed by atoms with Crippen molar-refractivity contribution in [1.82, 2.24) is 4.98 Å². The first-order valence-electron chi connectivity index (χ1n) is 2.91. The first-order chi connectivity index (χ1) is 4.72. The fraction of sp³-hybridized carbons (Fsp3) is 0.286. The maximum atomic E-state index is 5.66. The molecule has 0 unspecified atom stereocenters. The molecule has 1 heterocycles. The van der Waals surface area contributed by atoms with Gasteiger partial charge in [-0.3, -0.25) is 0 Å². The lowest BCUT2D eigenvalue weighted by Gasteiger charge is -1.96.